The van der Waals surface area contributed by atoms with E-state index in [1.54, 1.807) is 11.8 Å². The van der Waals surface area contributed by atoms with Gasteiger partial charge in [0.05, 0.1) is 18.4 Å². The van der Waals surface area contributed by atoms with Crippen LogP contribution in [0.2, 0.25) is 5.02 Å². The van der Waals surface area contributed by atoms with Gasteiger partial charge in [0, 0.05) is 10.8 Å². The number of rotatable bonds is 8. The summed E-state index contributed by atoms with van der Waals surface area (Å²) in [6.45, 7) is 2.52. The summed E-state index contributed by atoms with van der Waals surface area (Å²) in [6, 6.07) is 17.1. The van der Waals surface area contributed by atoms with Crippen molar-refractivity contribution in [2.24, 2.45) is 0 Å². The van der Waals surface area contributed by atoms with Crippen molar-refractivity contribution in [1.29, 1.82) is 0 Å². The first-order chi connectivity index (χ1) is 11.2. The number of ether oxygens (including phenoxy) is 1. The summed E-state index contributed by atoms with van der Waals surface area (Å²) in [5.41, 5.74) is 0.930. The number of carbonyl (C=O) groups is 1. The maximum atomic E-state index is 12.0. The Labute approximate surface area is 146 Å². The fourth-order valence-electron chi connectivity index (χ4n) is 2.09. The Kier molecular flexibility index (Phi) is 7.30. The second kappa shape index (κ2) is 9.48. The van der Waals surface area contributed by atoms with E-state index in [4.69, 9.17) is 16.3 Å². The zero-order chi connectivity index (χ0) is 16.5. The lowest BCUT2D eigenvalue weighted by molar-refractivity contribution is -0.119. The molecule has 0 aromatic heterocycles. The van der Waals surface area contributed by atoms with E-state index < -0.39 is 0 Å². The van der Waals surface area contributed by atoms with Crippen LogP contribution >= 0.6 is 23.4 Å². The monoisotopic (exact) mass is 349 g/mol. The predicted molar refractivity (Wildman–Crippen MR) is 97.3 cm³/mol. The van der Waals surface area contributed by atoms with Gasteiger partial charge >= 0.3 is 0 Å². The maximum Gasteiger partial charge on any atom is 0.230 e. The lowest BCUT2D eigenvalue weighted by atomic mass is 10.1. The standard InChI is InChI=1S/C18H20ClNO2S/c1-14(16-9-5-6-10-17(16)19)20-18(21)13-23-12-11-22-15-7-3-2-4-8-15/h2-10,14H,11-13H2,1H3,(H,20,21). The van der Waals surface area contributed by atoms with Crippen molar-refractivity contribution in [3.63, 3.8) is 0 Å². The molecule has 0 aliphatic heterocycles. The second-order valence-corrected chi connectivity index (χ2v) is 6.54. The molecule has 23 heavy (non-hydrogen) atoms. The quantitative estimate of drug-likeness (QED) is 0.721. The summed E-state index contributed by atoms with van der Waals surface area (Å²) in [4.78, 5) is 12.0. The number of para-hydroxylation sites is 1. The third-order valence-corrected chi connectivity index (χ3v) is 4.49. The van der Waals surface area contributed by atoms with E-state index in [-0.39, 0.29) is 11.9 Å². The minimum atomic E-state index is -0.0997. The molecule has 1 unspecified atom stereocenters. The lowest BCUT2D eigenvalue weighted by Crippen LogP contribution is -2.28. The molecular formula is C18H20ClNO2S. The van der Waals surface area contributed by atoms with Crippen LogP contribution in [0.25, 0.3) is 0 Å². The van der Waals surface area contributed by atoms with E-state index in [0.29, 0.717) is 17.4 Å². The van der Waals surface area contributed by atoms with Crippen LogP contribution in [0.5, 0.6) is 5.75 Å². The Morgan fingerprint density at radius 3 is 2.61 bits per heavy atom. The summed E-state index contributed by atoms with van der Waals surface area (Å²) in [7, 11) is 0. The van der Waals surface area contributed by atoms with Gasteiger partial charge in [0.25, 0.3) is 0 Å². The van der Waals surface area contributed by atoms with Crippen molar-refractivity contribution in [3.05, 3.63) is 65.2 Å². The van der Waals surface area contributed by atoms with Crippen molar-refractivity contribution in [1.82, 2.24) is 5.32 Å². The van der Waals surface area contributed by atoms with Crippen LogP contribution < -0.4 is 10.1 Å². The van der Waals surface area contributed by atoms with Crippen LogP contribution in [0.1, 0.15) is 18.5 Å². The molecule has 1 atom stereocenters. The van der Waals surface area contributed by atoms with Crippen LogP contribution in [0.15, 0.2) is 54.6 Å². The fraction of sp³-hybridized carbons (Fsp3) is 0.278. The van der Waals surface area contributed by atoms with Gasteiger partial charge in [-0.2, -0.15) is 0 Å². The first-order valence-corrected chi connectivity index (χ1v) is 8.99. The van der Waals surface area contributed by atoms with E-state index >= 15 is 0 Å². The van der Waals surface area contributed by atoms with E-state index in [0.717, 1.165) is 17.1 Å². The van der Waals surface area contributed by atoms with Gasteiger partial charge in [-0.05, 0) is 30.7 Å². The first kappa shape index (κ1) is 17.7. The maximum absolute atomic E-state index is 12.0. The van der Waals surface area contributed by atoms with Gasteiger partial charge in [0.2, 0.25) is 5.91 Å². The van der Waals surface area contributed by atoms with Crippen LogP contribution in [0, 0.1) is 0 Å². The first-order valence-electron chi connectivity index (χ1n) is 7.46. The van der Waals surface area contributed by atoms with Crippen molar-refractivity contribution >= 4 is 29.3 Å². The molecule has 1 amide bonds. The van der Waals surface area contributed by atoms with Crippen molar-refractivity contribution < 1.29 is 9.53 Å². The Morgan fingerprint density at radius 2 is 1.87 bits per heavy atom. The minimum absolute atomic E-state index is 0.00197. The number of carbonyl (C=O) groups excluding carboxylic acids is 1. The number of hydrogen-bond acceptors (Lipinski definition) is 3. The topological polar surface area (TPSA) is 38.3 Å². The van der Waals surface area contributed by atoms with Gasteiger partial charge in [-0.3, -0.25) is 4.79 Å². The third-order valence-electron chi connectivity index (χ3n) is 3.22. The Hall–Kier alpha value is -1.65. The van der Waals surface area contributed by atoms with E-state index in [1.807, 2.05) is 61.5 Å². The largest absolute Gasteiger partial charge is 0.493 e. The SMILES string of the molecule is CC(NC(=O)CSCCOc1ccccc1)c1ccccc1Cl. The average molecular weight is 350 g/mol. The van der Waals surface area contributed by atoms with Crippen LogP contribution in [-0.2, 0) is 4.79 Å². The molecule has 0 fully saturated rings. The highest BCUT2D eigenvalue weighted by Crippen LogP contribution is 2.22. The highest BCUT2D eigenvalue weighted by atomic mass is 35.5. The number of nitrogens with one attached hydrogen (secondary N) is 1. The molecule has 2 rings (SSSR count). The summed E-state index contributed by atoms with van der Waals surface area (Å²) in [6.07, 6.45) is 0. The van der Waals surface area contributed by atoms with E-state index in [2.05, 4.69) is 5.32 Å². The van der Waals surface area contributed by atoms with Crippen molar-refractivity contribution in [2.45, 2.75) is 13.0 Å². The molecule has 2 aromatic carbocycles. The summed E-state index contributed by atoms with van der Waals surface area (Å²) in [5.74, 6) is 2.03. The second-order valence-electron chi connectivity index (χ2n) is 5.02. The lowest BCUT2D eigenvalue weighted by Gasteiger charge is -2.15. The summed E-state index contributed by atoms with van der Waals surface area (Å²) >= 11 is 7.69. The molecule has 2 aromatic rings. The molecule has 122 valence electrons. The Morgan fingerprint density at radius 1 is 1.17 bits per heavy atom. The molecule has 0 saturated carbocycles. The van der Waals surface area contributed by atoms with Crippen LogP contribution in [-0.4, -0.2) is 24.0 Å². The number of hydrogen-bond donors (Lipinski definition) is 1. The highest BCUT2D eigenvalue weighted by Gasteiger charge is 2.11. The predicted octanol–water partition coefficient (Wildman–Crippen LogP) is 4.33. The van der Waals surface area contributed by atoms with Crippen molar-refractivity contribution in [3.8, 4) is 5.75 Å². The van der Waals surface area contributed by atoms with Gasteiger partial charge in [-0.1, -0.05) is 48.0 Å². The Bertz CT molecular complexity index is 621. The fourth-order valence-corrected chi connectivity index (χ4v) is 3.00. The molecule has 0 spiro atoms. The molecular weight excluding hydrogens is 330 g/mol. The molecule has 0 aliphatic carbocycles. The molecule has 0 saturated heterocycles. The van der Waals surface area contributed by atoms with Gasteiger partial charge in [-0.15, -0.1) is 11.8 Å². The van der Waals surface area contributed by atoms with Crippen LogP contribution in [0.4, 0.5) is 0 Å². The number of thioether (sulfide) groups is 1. The minimum Gasteiger partial charge on any atom is -0.493 e. The molecule has 3 nitrogen and oxygen atoms in total. The number of amides is 1. The van der Waals surface area contributed by atoms with Gasteiger partial charge in [0.15, 0.2) is 0 Å². The van der Waals surface area contributed by atoms with E-state index in [1.165, 1.54) is 0 Å². The molecule has 0 bridgehead atoms. The highest BCUT2D eigenvalue weighted by molar-refractivity contribution is 7.99. The van der Waals surface area contributed by atoms with Gasteiger partial charge in [-0.25, -0.2) is 0 Å². The van der Waals surface area contributed by atoms with Gasteiger partial charge in [0.1, 0.15) is 5.75 Å². The number of halogens is 1. The average Bonchev–Trinajstić information content (AvgIpc) is 2.56. The molecule has 1 N–H and O–H groups in total. The smallest absolute Gasteiger partial charge is 0.230 e. The molecule has 0 aliphatic rings. The number of benzene rings is 2. The van der Waals surface area contributed by atoms with Gasteiger partial charge < -0.3 is 10.1 Å². The van der Waals surface area contributed by atoms with E-state index in [9.17, 15) is 4.79 Å². The zero-order valence-electron chi connectivity index (χ0n) is 13.0. The Balaban J connectivity index is 1.64. The summed E-state index contributed by atoms with van der Waals surface area (Å²) in [5, 5.41) is 3.63. The zero-order valence-corrected chi connectivity index (χ0v) is 14.6. The molecule has 5 heteroatoms. The normalized spacial score (nSPS) is 11.7. The van der Waals surface area contributed by atoms with Crippen molar-refractivity contribution in [2.75, 3.05) is 18.1 Å². The summed E-state index contributed by atoms with van der Waals surface area (Å²) < 4.78 is 5.58. The van der Waals surface area contributed by atoms with Crippen LogP contribution in [0.3, 0.4) is 0 Å². The third kappa shape index (κ3) is 6.16. The molecule has 0 heterocycles. The molecule has 0 radical (unpaired) electrons.